The van der Waals surface area contributed by atoms with E-state index in [4.69, 9.17) is 5.84 Å². The molecule has 0 aliphatic rings. The molecule has 0 fully saturated rings. The zero-order chi connectivity index (χ0) is 13.1. The summed E-state index contributed by atoms with van der Waals surface area (Å²) in [5, 5.41) is 2.55. The zero-order valence-corrected chi connectivity index (χ0v) is 9.98. The van der Waals surface area contributed by atoms with Crippen molar-refractivity contribution in [2.24, 2.45) is 5.84 Å². The van der Waals surface area contributed by atoms with Gasteiger partial charge in [0.05, 0.1) is 11.0 Å². The lowest BCUT2D eigenvalue weighted by Crippen LogP contribution is -2.29. The Morgan fingerprint density at radius 2 is 1.94 bits per heavy atom. The maximum absolute atomic E-state index is 13.1. The first-order valence-electron chi connectivity index (χ1n) is 5.10. The molecule has 1 aromatic heterocycles. The van der Waals surface area contributed by atoms with E-state index >= 15 is 0 Å². The van der Waals surface area contributed by atoms with Gasteiger partial charge in [-0.3, -0.25) is 11.3 Å². The van der Waals surface area contributed by atoms with E-state index in [1.165, 1.54) is 11.3 Å². The number of aromatic nitrogens is 1. The maximum atomic E-state index is 13.1. The van der Waals surface area contributed by atoms with Crippen LogP contribution in [0.5, 0.6) is 0 Å². The quantitative estimate of drug-likeness (QED) is 0.510. The zero-order valence-electron chi connectivity index (χ0n) is 9.16. The lowest BCUT2D eigenvalue weighted by atomic mass is 10.0. The standard InChI is InChI=1S/C11H10F3N3S/c12-7-3-6(4-8(13)11(7)14)9(17-15)5-10-16-1-2-18-10/h1-4,9,17H,5,15H2. The minimum atomic E-state index is -1.48. The van der Waals surface area contributed by atoms with E-state index in [2.05, 4.69) is 10.4 Å². The van der Waals surface area contributed by atoms with Gasteiger partial charge in [0.25, 0.3) is 0 Å². The fraction of sp³-hybridized carbons (Fsp3) is 0.182. The van der Waals surface area contributed by atoms with Gasteiger partial charge in [-0.05, 0) is 17.7 Å². The van der Waals surface area contributed by atoms with Gasteiger partial charge < -0.3 is 0 Å². The molecule has 7 heteroatoms. The number of rotatable bonds is 4. The van der Waals surface area contributed by atoms with Crippen LogP contribution in [0.4, 0.5) is 13.2 Å². The molecular weight excluding hydrogens is 263 g/mol. The molecule has 1 aromatic carbocycles. The van der Waals surface area contributed by atoms with Crippen molar-refractivity contribution >= 4 is 11.3 Å². The van der Waals surface area contributed by atoms with Gasteiger partial charge in [0.15, 0.2) is 17.5 Å². The SMILES string of the molecule is NNC(Cc1nccs1)c1cc(F)c(F)c(F)c1. The Balaban J connectivity index is 2.27. The predicted octanol–water partition coefficient (Wildman–Crippen LogP) is 2.31. The molecule has 96 valence electrons. The molecule has 2 aromatic rings. The molecule has 1 unspecified atom stereocenters. The normalized spacial score (nSPS) is 12.7. The summed E-state index contributed by atoms with van der Waals surface area (Å²) < 4.78 is 39.1. The minimum Gasteiger partial charge on any atom is -0.271 e. The van der Waals surface area contributed by atoms with Crippen LogP contribution in [0.3, 0.4) is 0 Å². The molecule has 0 aliphatic heterocycles. The first kappa shape index (κ1) is 13.0. The molecule has 0 bridgehead atoms. The van der Waals surface area contributed by atoms with Crippen LogP contribution in [0.25, 0.3) is 0 Å². The van der Waals surface area contributed by atoms with E-state index in [0.717, 1.165) is 17.1 Å². The van der Waals surface area contributed by atoms with Gasteiger partial charge in [-0.2, -0.15) is 0 Å². The molecule has 0 amide bonds. The van der Waals surface area contributed by atoms with Gasteiger partial charge in [0.1, 0.15) is 0 Å². The number of hydrazine groups is 1. The van der Waals surface area contributed by atoms with Crippen LogP contribution < -0.4 is 11.3 Å². The van der Waals surface area contributed by atoms with Crippen molar-refractivity contribution in [1.29, 1.82) is 0 Å². The molecule has 0 aliphatic carbocycles. The number of nitrogens with zero attached hydrogens (tertiary/aromatic N) is 1. The minimum absolute atomic E-state index is 0.240. The highest BCUT2D eigenvalue weighted by Gasteiger charge is 2.17. The molecule has 3 N–H and O–H groups in total. The van der Waals surface area contributed by atoms with Gasteiger partial charge in [-0.25, -0.2) is 18.2 Å². The summed E-state index contributed by atoms with van der Waals surface area (Å²) in [6, 6.07) is 1.33. The third-order valence-corrected chi connectivity index (χ3v) is 3.27. The number of nitrogens with two attached hydrogens (primary N) is 1. The van der Waals surface area contributed by atoms with Crippen molar-refractivity contribution in [3.8, 4) is 0 Å². The number of benzene rings is 1. The second-order valence-corrected chi connectivity index (χ2v) is 4.63. The lowest BCUT2D eigenvalue weighted by Gasteiger charge is -2.15. The molecule has 18 heavy (non-hydrogen) atoms. The fourth-order valence-electron chi connectivity index (χ4n) is 1.58. The highest BCUT2D eigenvalue weighted by molar-refractivity contribution is 7.09. The average Bonchev–Trinajstić information content (AvgIpc) is 2.85. The van der Waals surface area contributed by atoms with Gasteiger partial charge in [-0.1, -0.05) is 0 Å². The highest BCUT2D eigenvalue weighted by atomic mass is 32.1. The number of halogens is 3. The van der Waals surface area contributed by atoms with Crippen LogP contribution in [0.2, 0.25) is 0 Å². The average molecular weight is 273 g/mol. The number of nitrogens with one attached hydrogen (secondary N) is 1. The van der Waals surface area contributed by atoms with Crippen molar-refractivity contribution < 1.29 is 13.2 Å². The van der Waals surface area contributed by atoms with E-state index in [1.54, 1.807) is 11.6 Å². The first-order valence-corrected chi connectivity index (χ1v) is 5.98. The van der Waals surface area contributed by atoms with Crippen LogP contribution in [-0.2, 0) is 6.42 Å². The van der Waals surface area contributed by atoms with Crippen molar-refractivity contribution in [1.82, 2.24) is 10.4 Å². The van der Waals surface area contributed by atoms with Crippen LogP contribution in [0.15, 0.2) is 23.7 Å². The van der Waals surface area contributed by atoms with Gasteiger partial charge in [-0.15, -0.1) is 11.3 Å². The Morgan fingerprint density at radius 1 is 1.28 bits per heavy atom. The van der Waals surface area contributed by atoms with E-state index in [1.807, 2.05) is 0 Å². The number of hydrogen-bond donors (Lipinski definition) is 2. The summed E-state index contributed by atoms with van der Waals surface area (Å²) in [6.07, 6.45) is 2.00. The Hall–Kier alpha value is -1.44. The monoisotopic (exact) mass is 273 g/mol. The molecule has 1 atom stereocenters. The third kappa shape index (κ3) is 2.69. The summed E-state index contributed by atoms with van der Waals surface area (Å²) in [5.41, 5.74) is 2.68. The maximum Gasteiger partial charge on any atom is 0.194 e. The number of thiazole rings is 1. The highest BCUT2D eigenvalue weighted by Crippen LogP contribution is 2.22. The Morgan fingerprint density at radius 3 is 2.44 bits per heavy atom. The lowest BCUT2D eigenvalue weighted by molar-refractivity contribution is 0.439. The van der Waals surface area contributed by atoms with Gasteiger partial charge in [0.2, 0.25) is 0 Å². The first-order chi connectivity index (χ1) is 8.61. The molecule has 0 saturated heterocycles. The predicted molar refractivity (Wildman–Crippen MR) is 62.2 cm³/mol. The second-order valence-electron chi connectivity index (χ2n) is 3.65. The Kier molecular flexibility index (Phi) is 3.95. The summed E-state index contributed by atoms with van der Waals surface area (Å²) in [5.74, 6) is 1.40. The molecule has 0 saturated carbocycles. The smallest absolute Gasteiger partial charge is 0.194 e. The summed E-state index contributed by atoms with van der Waals surface area (Å²) in [4.78, 5) is 4.05. The van der Waals surface area contributed by atoms with Crippen molar-refractivity contribution in [3.63, 3.8) is 0 Å². The van der Waals surface area contributed by atoms with E-state index in [-0.39, 0.29) is 5.56 Å². The molecule has 3 nitrogen and oxygen atoms in total. The third-order valence-electron chi connectivity index (χ3n) is 2.47. The Bertz CT molecular complexity index is 507. The van der Waals surface area contributed by atoms with Gasteiger partial charge in [0, 0.05) is 18.0 Å². The molecule has 1 heterocycles. The van der Waals surface area contributed by atoms with Crippen molar-refractivity contribution in [2.45, 2.75) is 12.5 Å². The summed E-state index contributed by atoms with van der Waals surface area (Å²) in [7, 11) is 0. The number of hydrogen-bond acceptors (Lipinski definition) is 4. The van der Waals surface area contributed by atoms with Crippen LogP contribution in [0.1, 0.15) is 16.6 Å². The van der Waals surface area contributed by atoms with E-state index < -0.39 is 23.5 Å². The van der Waals surface area contributed by atoms with E-state index in [0.29, 0.717) is 6.42 Å². The molecule has 0 radical (unpaired) electrons. The molecule has 0 spiro atoms. The van der Waals surface area contributed by atoms with Gasteiger partial charge >= 0.3 is 0 Å². The Labute approximate surface area is 105 Å². The van der Waals surface area contributed by atoms with Crippen LogP contribution in [0, 0.1) is 17.5 Å². The molecule has 2 rings (SSSR count). The van der Waals surface area contributed by atoms with Crippen LogP contribution >= 0.6 is 11.3 Å². The summed E-state index contributed by atoms with van der Waals surface area (Å²) in [6.45, 7) is 0. The van der Waals surface area contributed by atoms with Crippen molar-refractivity contribution in [2.75, 3.05) is 0 Å². The second kappa shape index (κ2) is 5.47. The van der Waals surface area contributed by atoms with Crippen molar-refractivity contribution in [3.05, 3.63) is 51.7 Å². The fourth-order valence-corrected chi connectivity index (χ4v) is 2.24. The van der Waals surface area contributed by atoms with Crippen LogP contribution in [-0.4, -0.2) is 4.98 Å². The summed E-state index contributed by atoms with van der Waals surface area (Å²) >= 11 is 1.40. The van der Waals surface area contributed by atoms with E-state index in [9.17, 15) is 13.2 Å². The molecular formula is C11H10F3N3S. The topological polar surface area (TPSA) is 50.9 Å². The largest absolute Gasteiger partial charge is 0.271 e.